The maximum Gasteiger partial charge on any atom is 0.255 e. The number of nitrogens with two attached hydrogens (primary N) is 1. The molecule has 78 valence electrons. The Morgan fingerprint density at radius 2 is 2.50 bits per heavy atom. The Balaban J connectivity index is 1.97. The topological polar surface area (TPSA) is 81.1 Å². The average Bonchev–Trinajstić information content (AvgIpc) is 2.69. The van der Waals surface area contributed by atoms with Crippen LogP contribution in [0.1, 0.15) is 19.3 Å². The summed E-state index contributed by atoms with van der Waals surface area (Å²) in [6.45, 7) is 0. The van der Waals surface area contributed by atoms with Crippen molar-refractivity contribution in [3.05, 3.63) is 12.5 Å². The zero-order valence-electron chi connectivity index (χ0n) is 7.73. The third-order valence-corrected chi connectivity index (χ3v) is 2.54. The highest BCUT2D eigenvalue weighted by Crippen LogP contribution is 2.16. The second-order valence-corrected chi connectivity index (χ2v) is 3.72. The van der Waals surface area contributed by atoms with E-state index in [2.05, 4.69) is 10.4 Å². The van der Waals surface area contributed by atoms with E-state index in [1.54, 1.807) is 24.2 Å². The molecule has 0 bridgehead atoms. The van der Waals surface area contributed by atoms with Crippen LogP contribution in [0.25, 0.3) is 0 Å². The molecule has 1 amide bonds. The second-order valence-electron chi connectivity index (χ2n) is 2.67. The Kier molecular flexibility index (Phi) is 5.09. The van der Waals surface area contributed by atoms with Crippen LogP contribution in [0, 0.1) is 0 Å². The van der Waals surface area contributed by atoms with Crippen LogP contribution in [0.15, 0.2) is 22.1 Å². The van der Waals surface area contributed by atoms with Crippen molar-refractivity contribution in [3.8, 4) is 0 Å². The molecule has 0 saturated carbocycles. The maximum absolute atomic E-state index is 10.7. The molecule has 6 heteroatoms. The molecule has 0 fully saturated rings. The number of amides is 1. The smallest absolute Gasteiger partial charge is 0.255 e. The normalized spacial score (nSPS) is 10.1. The van der Waals surface area contributed by atoms with E-state index in [1.807, 2.05) is 0 Å². The first-order valence-corrected chi connectivity index (χ1v) is 5.33. The molecule has 0 spiro atoms. The molecule has 0 saturated heterocycles. The molecule has 0 aliphatic rings. The molecule has 0 atom stereocenters. The SMILES string of the molecule is NNC(=O)CCCCSc1ncco1. The quantitative estimate of drug-likeness (QED) is 0.242. The zero-order valence-corrected chi connectivity index (χ0v) is 8.55. The van der Waals surface area contributed by atoms with E-state index in [1.165, 1.54) is 0 Å². The number of rotatable bonds is 6. The summed E-state index contributed by atoms with van der Waals surface area (Å²) < 4.78 is 5.03. The van der Waals surface area contributed by atoms with Gasteiger partial charge < -0.3 is 4.42 Å². The number of unbranched alkanes of at least 4 members (excludes halogenated alkanes) is 1. The first kappa shape index (κ1) is 11.1. The fraction of sp³-hybridized carbons (Fsp3) is 0.500. The summed E-state index contributed by atoms with van der Waals surface area (Å²) in [4.78, 5) is 14.7. The Morgan fingerprint density at radius 1 is 1.64 bits per heavy atom. The van der Waals surface area contributed by atoms with E-state index in [0.29, 0.717) is 11.6 Å². The van der Waals surface area contributed by atoms with Gasteiger partial charge in [0.25, 0.3) is 5.22 Å². The molecule has 0 aromatic carbocycles. The molecule has 1 aromatic heterocycles. The fourth-order valence-electron chi connectivity index (χ4n) is 0.901. The zero-order chi connectivity index (χ0) is 10.2. The monoisotopic (exact) mass is 215 g/mol. The van der Waals surface area contributed by atoms with Gasteiger partial charge in [-0.1, -0.05) is 11.8 Å². The number of aromatic nitrogens is 1. The predicted molar refractivity (Wildman–Crippen MR) is 53.4 cm³/mol. The summed E-state index contributed by atoms with van der Waals surface area (Å²) >= 11 is 1.55. The maximum atomic E-state index is 10.7. The standard InChI is InChI=1S/C8H13N3O2S/c9-11-7(12)3-1-2-6-14-8-10-4-5-13-8/h4-5H,1-3,6,9H2,(H,11,12). The average molecular weight is 215 g/mol. The molecule has 14 heavy (non-hydrogen) atoms. The van der Waals surface area contributed by atoms with E-state index in [9.17, 15) is 4.79 Å². The first-order valence-electron chi connectivity index (χ1n) is 4.34. The van der Waals surface area contributed by atoms with Gasteiger partial charge in [0.2, 0.25) is 5.91 Å². The van der Waals surface area contributed by atoms with Crippen LogP contribution in [-0.4, -0.2) is 16.6 Å². The Morgan fingerprint density at radius 3 is 3.14 bits per heavy atom. The van der Waals surface area contributed by atoms with Gasteiger partial charge in [-0.2, -0.15) is 0 Å². The minimum atomic E-state index is -0.119. The van der Waals surface area contributed by atoms with Gasteiger partial charge in [-0.3, -0.25) is 10.2 Å². The van der Waals surface area contributed by atoms with Gasteiger partial charge in [0.1, 0.15) is 6.26 Å². The molecular formula is C8H13N3O2S. The van der Waals surface area contributed by atoms with Crippen LogP contribution in [0.2, 0.25) is 0 Å². The number of oxazole rings is 1. The van der Waals surface area contributed by atoms with Gasteiger partial charge >= 0.3 is 0 Å². The van der Waals surface area contributed by atoms with Crippen molar-refractivity contribution in [1.29, 1.82) is 0 Å². The number of carbonyl (C=O) groups excluding carboxylic acids is 1. The van der Waals surface area contributed by atoms with Gasteiger partial charge in [-0.05, 0) is 12.8 Å². The molecule has 1 rings (SSSR count). The number of carbonyl (C=O) groups is 1. The van der Waals surface area contributed by atoms with Crippen LogP contribution in [0.4, 0.5) is 0 Å². The van der Waals surface area contributed by atoms with Crippen LogP contribution in [-0.2, 0) is 4.79 Å². The highest BCUT2D eigenvalue weighted by Gasteiger charge is 2.00. The molecule has 0 aliphatic heterocycles. The lowest BCUT2D eigenvalue weighted by Gasteiger charge is -1.98. The van der Waals surface area contributed by atoms with E-state index in [-0.39, 0.29) is 5.91 Å². The summed E-state index contributed by atoms with van der Waals surface area (Å²) in [6.07, 6.45) is 5.41. The Labute approximate surface area is 86.4 Å². The van der Waals surface area contributed by atoms with Crippen molar-refractivity contribution in [2.75, 3.05) is 5.75 Å². The van der Waals surface area contributed by atoms with E-state index < -0.39 is 0 Å². The highest BCUT2D eigenvalue weighted by atomic mass is 32.2. The summed E-state index contributed by atoms with van der Waals surface area (Å²) in [5, 5.41) is 0.674. The molecule has 3 N–H and O–H groups in total. The van der Waals surface area contributed by atoms with Crippen molar-refractivity contribution < 1.29 is 9.21 Å². The largest absolute Gasteiger partial charge is 0.440 e. The molecule has 1 aromatic rings. The minimum absolute atomic E-state index is 0.119. The van der Waals surface area contributed by atoms with Crippen molar-refractivity contribution in [2.24, 2.45) is 5.84 Å². The third kappa shape index (κ3) is 4.29. The first-order chi connectivity index (χ1) is 6.83. The van der Waals surface area contributed by atoms with Crippen LogP contribution in [0.5, 0.6) is 0 Å². The second kappa shape index (κ2) is 6.44. The number of nitrogens with zero attached hydrogens (tertiary/aromatic N) is 1. The highest BCUT2D eigenvalue weighted by molar-refractivity contribution is 7.99. The lowest BCUT2D eigenvalue weighted by Crippen LogP contribution is -2.29. The number of hydrazine groups is 1. The van der Waals surface area contributed by atoms with Crippen LogP contribution >= 0.6 is 11.8 Å². The van der Waals surface area contributed by atoms with E-state index in [4.69, 9.17) is 10.3 Å². The minimum Gasteiger partial charge on any atom is -0.440 e. The third-order valence-electron chi connectivity index (χ3n) is 1.59. The van der Waals surface area contributed by atoms with Gasteiger partial charge in [0.05, 0.1) is 6.20 Å². The summed E-state index contributed by atoms with van der Waals surface area (Å²) in [7, 11) is 0. The van der Waals surface area contributed by atoms with E-state index >= 15 is 0 Å². The van der Waals surface area contributed by atoms with Gasteiger partial charge in [-0.25, -0.2) is 10.8 Å². The summed E-state index contributed by atoms with van der Waals surface area (Å²) in [5.41, 5.74) is 2.09. The van der Waals surface area contributed by atoms with Gasteiger partial charge in [0.15, 0.2) is 0 Å². The van der Waals surface area contributed by atoms with Crippen LogP contribution in [0.3, 0.4) is 0 Å². The molecule has 5 nitrogen and oxygen atoms in total. The van der Waals surface area contributed by atoms with Crippen LogP contribution < -0.4 is 11.3 Å². The lowest BCUT2D eigenvalue weighted by molar-refractivity contribution is -0.121. The molecular weight excluding hydrogens is 202 g/mol. The molecule has 0 aliphatic carbocycles. The molecule has 0 unspecified atom stereocenters. The fourth-order valence-corrected chi connectivity index (χ4v) is 1.68. The number of hydrogen-bond donors (Lipinski definition) is 2. The summed E-state index contributed by atoms with van der Waals surface area (Å²) in [6, 6.07) is 0. The Hall–Kier alpha value is -1.01. The van der Waals surface area contributed by atoms with Crippen molar-refractivity contribution >= 4 is 17.7 Å². The van der Waals surface area contributed by atoms with Crippen molar-refractivity contribution in [3.63, 3.8) is 0 Å². The lowest BCUT2D eigenvalue weighted by atomic mass is 10.2. The molecule has 0 radical (unpaired) electrons. The Bertz CT molecular complexity index is 264. The predicted octanol–water partition coefficient (Wildman–Crippen LogP) is 0.927. The summed E-state index contributed by atoms with van der Waals surface area (Å²) in [5.74, 6) is 5.72. The van der Waals surface area contributed by atoms with Crippen molar-refractivity contribution in [2.45, 2.75) is 24.5 Å². The number of thioether (sulfide) groups is 1. The number of hydrogen-bond acceptors (Lipinski definition) is 5. The molecule has 1 heterocycles. The van der Waals surface area contributed by atoms with E-state index in [0.717, 1.165) is 18.6 Å². The van der Waals surface area contributed by atoms with Gasteiger partial charge in [-0.15, -0.1) is 0 Å². The number of nitrogens with one attached hydrogen (secondary N) is 1. The van der Waals surface area contributed by atoms with Crippen molar-refractivity contribution in [1.82, 2.24) is 10.4 Å². The van der Waals surface area contributed by atoms with Gasteiger partial charge in [0, 0.05) is 12.2 Å².